The van der Waals surface area contributed by atoms with Gasteiger partial charge in [-0.05, 0) is 82.7 Å². The molecule has 0 aliphatic carbocycles. The van der Waals surface area contributed by atoms with Gasteiger partial charge in [0.05, 0.1) is 11.1 Å². The third-order valence-electron chi connectivity index (χ3n) is 6.46. The smallest absolute Gasteiger partial charge is 0.326 e. The van der Waals surface area contributed by atoms with E-state index in [0.717, 1.165) is 56.7 Å². The van der Waals surface area contributed by atoms with Gasteiger partial charge in [0.2, 0.25) is 0 Å². The van der Waals surface area contributed by atoms with Crippen molar-refractivity contribution in [1.29, 1.82) is 0 Å². The first kappa shape index (κ1) is 26.7. The summed E-state index contributed by atoms with van der Waals surface area (Å²) in [4.78, 5) is 31.7. The largest absolute Gasteiger partial charge is 0.480 e. The summed E-state index contributed by atoms with van der Waals surface area (Å²) in [5, 5.41) is 26.7. The maximum absolute atomic E-state index is 12.1. The number of carboxylic acids is 1. The van der Waals surface area contributed by atoms with E-state index in [1.54, 1.807) is 26.1 Å². The van der Waals surface area contributed by atoms with E-state index in [1.807, 2.05) is 6.07 Å². The van der Waals surface area contributed by atoms with Gasteiger partial charge in [0.15, 0.2) is 5.82 Å². The molecule has 37 heavy (non-hydrogen) atoms. The van der Waals surface area contributed by atoms with Gasteiger partial charge in [-0.2, -0.15) is 0 Å². The van der Waals surface area contributed by atoms with Crippen LogP contribution in [-0.2, 0) is 17.6 Å². The van der Waals surface area contributed by atoms with Crippen LogP contribution in [0, 0.1) is 0 Å². The summed E-state index contributed by atoms with van der Waals surface area (Å²) in [6.45, 7) is 6.26. The maximum Gasteiger partial charge on any atom is 0.326 e. The number of anilines is 2. The van der Waals surface area contributed by atoms with Crippen molar-refractivity contribution in [2.24, 2.45) is 0 Å². The summed E-state index contributed by atoms with van der Waals surface area (Å²) < 4.78 is 0. The number of unbranched alkanes of at least 4 members (excludes halogenated alkanes) is 1. The molecule has 0 amide bonds. The summed E-state index contributed by atoms with van der Waals surface area (Å²) in [7, 11) is 0. The second-order valence-electron chi connectivity index (χ2n) is 10.3. The first-order chi connectivity index (χ1) is 17.8. The van der Waals surface area contributed by atoms with Crippen LogP contribution in [0.2, 0.25) is 0 Å². The molecular weight excluding hydrogens is 470 g/mol. The molecule has 0 radical (unpaired) electrons. The average molecular weight is 508 g/mol. The molecule has 3 aromatic heterocycles. The van der Waals surface area contributed by atoms with Crippen molar-refractivity contribution >= 4 is 28.6 Å². The number of hydrogen-bond donors (Lipinski definition) is 4. The van der Waals surface area contributed by atoms with Gasteiger partial charge >= 0.3 is 5.97 Å². The van der Waals surface area contributed by atoms with Crippen molar-refractivity contribution in [3.63, 3.8) is 0 Å². The number of aliphatic carboxylic acids is 1. The molecule has 0 saturated carbocycles. The molecule has 10 heteroatoms. The van der Waals surface area contributed by atoms with E-state index in [4.69, 9.17) is 4.98 Å². The molecular formula is C27H37N7O3. The number of hydrogen-bond acceptors (Lipinski definition) is 9. The number of nitrogens with zero attached hydrogens (tertiary/aromatic N) is 5. The van der Waals surface area contributed by atoms with Gasteiger partial charge in [-0.25, -0.2) is 19.7 Å². The van der Waals surface area contributed by atoms with Crippen LogP contribution < -0.4 is 10.6 Å². The Hall–Kier alpha value is -3.37. The van der Waals surface area contributed by atoms with Gasteiger partial charge in [-0.1, -0.05) is 6.07 Å². The van der Waals surface area contributed by atoms with Crippen molar-refractivity contribution in [1.82, 2.24) is 24.8 Å². The van der Waals surface area contributed by atoms with Gasteiger partial charge in [0.1, 0.15) is 23.7 Å². The van der Waals surface area contributed by atoms with Crippen molar-refractivity contribution in [2.45, 2.75) is 64.0 Å². The quantitative estimate of drug-likeness (QED) is 0.255. The number of aryl methyl sites for hydroxylation is 2. The lowest BCUT2D eigenvalue weighted by Crippen LogP contribution is -2.42. The number of pyridine rings is 2. The second-order valence-corrected chi connectivity index (χ2v) is 10.3. The Morgan fingerprint density at radius 2 is 2.05 bits per heavy atom. The predicted octanol–water partition coefficient (Wildman–Crippen LogP) is 3.13. The molecule has 1 unspecified atom stereocenters. The number of carboxylic acid groups (broad SMARTS) is 1. The molecule has 1 aliphatic rings. The molecule has 0 aromatic carbocycles. The van der Waals surface area contributed by atoms with Gasteiger partial charge in [-0.3, -0.25) is 4.98 Å². The lowest BCUT2D eigenvalue weighted by Gasteiger charge is -2.30. The fourth-order valence-corrected chi connectivity index (χ4v) is 4.70. The summed E-state index contributed by atoms with van der Waals surface area (Å²) in [6, 6.07) is 7.04. The predicted molar refractivity (Wildman–Crippen MR) is 144 cm³/mol. The Kier molecular flexibility index (Phi) is 8.83. The fraction of sp³-hybridized carbons (Fsp3) is 0.519. The summed E-state index contributed by atoms with van der Waals surface area (Å²) in [5.74, 6) is 0.461. The minimum absolute atomic E-state index is 0.349. The molecule has 4 rings (SSSR count). The molecule has 0 fully saturated rings. The van der Waals surface area contributed by atoms with Crippen LogP contribution in [0.15, 0.2) is 36.8 Å². The molecule has 4 N–H and O–H groups in total. The maximum atomic E-state index is 12.1. The van der Waals surface area contributed by atoms with Crippen molar-refractivity contribution < 1.29 is 15.0 Å². The van der Waals surface area contributed by atoms with E-state index in [0.29, 0.717) is 36.4 Å². The summed E-state index contributed by atoms with van der Waals surface area (Å²) >= 11 is 0. The Bertz CT molecular complexity index is 1190. The van der Waals surface area contributed by atoms with E-state index < -0.39 is 17.6 Å². The minimum Gasteiger partial charge on any atom is -0.480 e. The molecule has 0 bridgehead atoms. The molecule has 198 valence electrons. The minimum atomic E-state index is -0.960. The molecule has 3 aromatic rings. The van der Waals surface area contributed by atoms with E-state index in [1.165, 1.54) is 11.9 Å². The number of carbonyl (C=O) groups is 1. The first-order valence-electron chi connectivity index (χ1n) is 13.0. The van der Waals surface area contributed by atoms with Gasteiger partial charge < -0.3 is 25.7 Å². The highest BCUT2D eigenvalue weighted by molar-refractivity contribution is 5.87. The van der Waals surface area contributed by atoms with E-state index in [-0.39, 0.29) is 0 Å². The third kappa shape index (κ3) is 7.80. The number of fused-ring (bicyclic) bond motifs is 2. The highest BCUT2D eigenvalue weighted by atomic mass is 16.4. The van der Waals surface area contributed by atoms with Crippen molar-refractivity contribution in [2.75, 3.05) is 36.8 Å². The summed E-state index contributed by atoms with van der Waals surface area (Å²) in [5.41, 5.74) is 2.68. The SMILES string of the molecule is CC(C)(O)CN(CCCCc1ccc2c(n1)NCCC2)CCC(Nc1ncnc2cccnc12)C(=O)O. The number of rotatable bonds is 13. The van der Waals surface area contributed by atoms with E-state index >= 15 is 0 Å². The lowest BCUT2D eigenvalue weighted by molar-refractivity contribution is -0.138. The van der Waals surface area contributed by atoms with Gasteiger partial charge in [-0.15, -0.1) is 0 Å². The Morgan fingerprint density at radius 3 is 2.86 bits per heavy atom. The topological polar surface area (TPSA) is 136 Å². The van der Waals surface area contributed by atoms with E-state index in [9.17, 15) is 15.0 Å². The standard InChI is InChI=1S/C27H37N7O3/c1-27(2,37)17-34(15-4-3-8-20-11-10-19-7-5-14-29-24(19)32-20)16-12-22(26(35)36)33-25-23-21(30-18-31-25)9-6-13-28-23/h6,9-11,13,18,22,37H,3-5,7-8,12,14-17H2,1-2H3,(H,29,32)(H,35,36)(H,30,31,33). The van der Waals surface area contributed by atoms with E-state index in [2.05, 4.69) is 42.6 Å². The normalized spacial score (nSPS) is 14.3. The van der Waals surface area contributed by atoms with Crippen molar-refractivity contribution in [3.05, 3.63) is 48.0 Å². The second kappa shape index (κ2) is 12.2. The van der Waals surface area contributed by atoms with Crippen molar-refractivity contribution in [3.8, 4) is 0 Å². The molecule has 10 nitrogen and oxygen atoms in total. The highest BCUT2D eigenvalue weighted by Crippen LogP contribution is 2.21. The van der Waals surface area contributed by atoms with Crippen LogP contribution in [-0.4, -0.2) is 78.8 Å². The monoisotopic (exact) mass is 507 g/mol. The molecule has 1 atom stereocenters. The number of aliphatic hydroxyl groups is 1. The fourth-order valence-electron chi connectivity index (χ4n) is 4.70. The van der Waals surface area contributed by atoms with Crippen LogP contribution in [0.1, 0.15) is 50.8 Å². The van der Waals surface area contributed by atoms with Crippen LogP contribution >= 0.6 is 0 Å². The van der Waals surface area contributed by atoms with Crippen LogP contribution in [0.25, 0.3) is 11.0 Å². The number of aromatic nitrogens is 4. The highest BCUT2D eigenvalue weighted by Gasteiger charge is 2.23. The third-order valence-corrected chi connectivity index (χ3v) is 6.46. The van der Waals surface area contributed by atoms with Crippen LogP contribution in [0.3, 0.4) is 0 Å². The average Bonchev–Trinajstić information content (AvgIpc) is 2.87. The zero-order valence-corrected chi connectivity index (χ0v) is 21.7. The Balaban J connectivity index is 1.33. The zero-order valence-electron chi connectivity index (χ0n) is 21.7. The van der Waals surface area contributed by atoms with Crippen LogP contribution in [0.5, 0.6) is 0 Å². The van der Waals surface area contributed by atoms with Gasteiger partial charge in [0.25, 0.3) is 0 Å². The number of nitrogens with one attached hydrogen (secondary N) is 2. The molecule has 1 aliphatic heterocycles. The zero-order chi connectivity index (χ0) is 26.3. The first-order valence-corrected chi connectivity index (χ1v) is 13.0. The summed E-state index contributed by atoms with van der Waals surface area (Å²) in [6.07, 6.45) is 8.39. The molecule has 0 saturated heterocycles. The lowest BCUT2D eigenvalue weighted by atomic mass is 10.1. The Morgan fingerprint density at radius 1 is 1.19 bits per heavy atom. The Labute approximate surface area is 217 Å². The van der Waals surface area contributed by atoms with Gasteiger partial charge in [0, 0.05) is 31.5 Å². The molecule has 0 spiro atoms. The molecule has 4 heterocycles. The van der Waals surface area contributed by atoms with Crippen LogP contribution in [0.4, 0.5) is 11.6 Å².